The van der Waals surface area contributed by atoms with E-state index in [1.807, 2.05) is 0 Å². The van der Waals surface area contributed by atoms with Crippen molar-refractivity contribution in [3.05, 3.63) is 0 Å². The Hall–Kier alpha value is 0.270. The summed E-state index contributed by atoms with van der Waals surface area (Å²) in [5.41, 5.74) is 5.89. The molecule has 1 aliphatic heterocycles. The van der Waals surface area contributed by atoms with Gasteiger partial charge in [-0.1, -0.05) is 6.42 Å². The molecular formula is C8H18N2S. The van der Waals surface area contributed by atoms with Crippen molar-refractivity contribution in [2.45, 2.75) is 25.3 Å². The Kier molecular flexibility index (Phi) is 4.26. The van der Waals surface area contributed by atoms with Gasteiger partial charge < -0.3 is 10.6 Å². The lowest BCUT2D eigenvalue weighted by Crippen LogP contribution is -2.36. The summed E-state index contributed by atoms with van der Waals surface area (Å²) in [6.07, 6.45) is 3.80. The van der Waals surface area contributed by atoms with Crippen LogP contribution in [0.3, 0.4) is 0 Å². The summed E-state index contributed by atoms with van der Waals surface area (Å²) in [7, 11) is 0. The van der Waals surface area contributed by atoms with Crippen molar-refractivity contribution in [1.82, 2.24) is 4.90 Å². The number of hydrogen-bond acceptors (Lipinski definition) is 3. The number of hydrogen-bond donors (Lipinski definition) is 2. The molecule has 11 heavy (non-hydrogen) atoms. The van der Waals surface area contributed by atoms with Gasteiger partial charge >= 0.3 is 0 Å². The average molecular weight is 174 g/mol. The molecule has 0 bridgehead atoms. The van der Waals surface area contributed by atoms with Crippen molar-refractivity contribution >= 4 is 12.6 Å². The third kappa shape index (κ3) is 3.45. The second kappa shape index (κ2) is 5.01. The maximum atomic E-state index is 5.89. The quantitative estimate of drug-likeness (QED) is 0.604. The van der Waals surface area contributed by atoms with E-state index in [-0.39, 0.29) is 0 Å². The van der Waals surface area contributed by atoms with Gasteiger partial charge in [-0.2, -0.15) is 12.6 Å². The van der Waals surface area contributed by atoms with Gasteiger partial charge in [0, 0.05) is 24.9 Å². The molecule has 1 saturated heterocycles. The molecule has 1 heterocycles. The monoisotopic (exact) mass is 174 g/mol. The molecule has 3 heteroatoms. The number of thiol groups is 1. The van der Waals surface area contributed by atoms with E-state index in [0.29, 0.717) is 6.04 Å². The van der Waals surface area contributed by atoms with Gasteiger partial charge in [0.2, 0.25) is 0 Å². The lowest BCUT2D eigenvalue weighted by molar-refractivity contribution is 0.290. The van der Waals surface area contributed by atoms with Gasteiger partial charge in [-0.3, -0.25) is 0 Å². The van der Waals surface area contributed by atoms with Gasteiger partial charge in [0.15, 0.2) is 0 Å². The van der Waals surface area contributed by atoms with E-state index in [2.05, 4.69) is 17.5 Å². The maximum absolute atomic E-state index is 5.89. The first-order valence-corrected chi connectivity index (χ1v) is 5.05. The molecule has 1 fully saturated rings. The fourth-order valence-electron chi connectivity index (χ4n) is 1.60. The fourth-order valence-corrected chi connectivity index (χ4v) is 1.88. The van der Waals surface area contributed by atoms with Crippen LogP contribution in [0, 0.1) is 0 Å². The van der Waals surface area contributed by atoms with E-state index in [0.717, 1.165) is 18.8 Å². The Morgan fingerprint density at radius 1 is 1.45 bits per heavy atom. The molecule has 0 aromatic heterocycles. The van der Waals surface area contributed by atoms with Gasteiger partial charge in [-0.25, -0.2) is 0 Å². The van der Waals surface area contributed by atoms with Crippen LogP contribution in [0.2, 0.25) is 0 Å². The van der Waals surface area contributed by atoms with Gasteiger partial charge in [-0.05, 0) is 19.4 Å². The third-order valence-electron chi connectivity index (χ3n) is 2.21. The van der Waals surface area contributed by atoms with E-state index in [9.17, 15) is 0 Å². The molecule has 2 N–H and O–H groups in total. The highest BCUT2D eigenvalue weighted by molar-refractivity contribution is 7.80. The predicted molar refractivity (Wildman–Crippen MR) is 52.1 cm³/mol. The van der Waals surface area contributed by atoms with Crippen LogP contribution in [0.15, 0.2) is 0 Å². The molecule has 0 radical (unpaired) electrons. The lowest BCUT2D eigenvalue weighted by atomic mass is 10.2. The highest BCUT2D eigenvalue weighted by atomic mass is 32.1. The number of rotatable bonds is 2. The minimum Gasteiger partial charge on any atom is -0.327 e. The summed E-state index contributed by atoms with van der Waals surface area (Å²) >= 11 is 4.21. The van der Waals surface area contributed by atoms with Crippen LogP contribution in [0.25, 0.3) is 0 Å². The van der Waals surface area contributed by atoms with E-state index < -0.39 is 0 Å². The van der Waals surface area contributed by atoms with E-state index in [4.69, 9.17) is 5.73 Å². The summed E-state index contributed by atoms with van der Waals surface area (Å²) < 4.78 is 0. The Labute approximate surface area is 74.5 Å². The highest BCUT2D eigenvalue weighted by Gasteiger charge is 2.13. The highest BCUT2D eigenvalue weighted by Crippen LogP contribution is 2.08. The molecule has 0 spiro atoms. The van der Waals surface area contributed by atoms with Crippen molar-refractivity contribution in [3.63, 3.8) is 0 Å². The predicted octanol–water partition coefficient (Wildman–Crippen LogP) is 0.729. The van der Waals surface area contributed by atoms with Crippen molar-refractivity contribution in [1.29, 1.82) is 0 Å². The lowest BCUT2D eigenvalue weighted by Gasteiger charge is -2.20. The zero-order valence-corrected chi connectivity index (χ0v) is 7.89. The van der Waals surface area contributed by atoms with E-state index >= 15 is 0 Å². The molecule has 0 saturated carbocycles. The summed E-state index contributed by atoms with van der Waals surface area (Å²) in [5.74, 6) is 0.951. The third-order valence-corrected chi connectivity index (χ3v) is 2.41. The smallest absolute Gasteiger partial charge is 0.0167 e. The first kappa shape index (κ1) is 9.36. The average Bonchev–Trinajstić information content (AvgIpc) is 2.15. The Bertz CT molecular complexity index is 108. The van der Waals surface area contributed by atoms with Crippen LogP contribution in [-0.4, -0.2) is 36.3 Å². The van der Waals surface area contributed by atoms with Gasteiger partial charge in [0.1, 0.15) is 0 Å². The number of likely N-dealkylation sites (tertiary alicyclic amines) is 1. The Balaban J connectivity index is 2.27. The molecule has 0 amide bonds. The van der Waals surface area contributed by atoms with Crippen LogP contribution >= 0.6 is 12.6 Å². The Morgan fingerprint density at radius 3 is 3.00 bits per heavy atom. The van der Waals surface area contributed by atoms with E-state index in [1.165, 1.54) is 25.8 Å². The van der Waals surface area contributed by atoms with Crippen molar-refractivity contribution in [3.8, 4) is 0 Å². The van der Waals surface area contributed by atoms with Crippen molar-refractivity contribution in [2.75, 3.05) is 25.4 Å². The Morgan fingerprint density at radius 2 is 2.27 bits per heavy atom. The summed E-state index contributed by atoms with van der Waals surface area (Å²) in [6.45, 7) is 3.38. The number of nitrogens with zero attached hydrogens (tertiary/aromatic N) is 1. The molecule has 2 nitrogen and oxygen atoms in total. The van der Waals surface area contributed by atoms with Gasteiger partial charge in [0.25, 0.3) is 0 Å². The van der Waals surface area contributed by atoms with Crippen LogP contribution in [-0.2, 0) is 0 Å². The standard InChI is InChI=1S/C8H18N2S/c9-8-3-1-2-4-10(7-8)5-6-11/h8,11H,1-7,9H2. The summed E-state index contributed by atoms with van der Waals surface area (Å²) in [6, 6.07) is 0.400. The SMILES string of the molecule is NC1CCCCN(CCS)C1. The molecule has 66 valence electrons. The molecule has 1 aliphatic rings. The summed E-state index contributed by atoms with van der Waals surface area (Å²) in [5, 5.41) is 0. The minimum atomic E-state index is 0.400. The maximum Gasteiger partial charge on any atom is 0.0167 e. The number of nitrogens with two attached hydrogens (primary N) is 1. The molecule has 1 atom stereocenters. The second-order valence-corrected chi connectivity index (χ2v) is 3.73. The molecule has 1 rings (SSSR count). The summed E-state index contributed by atoms with van der Waals surface area (Å²) in [4.78, 5) is 2.42. The molecular weight excluding hydrogens is 156 g/mol. The van der Waals surface area contributed by atoms with Crippen LogP contribution in [0.4, 0.5) is 0 Å². The van der Waals surface area contributed by atoms with Gasteiger partial charge in [-0.15, -0.1) is 0 Å². The van der Waals surface area contributed by atoms with E-state index in [1.54, 1.807) is 0 Å². The first-order chi connectivity index (χ1) is 5.33. The molecule has 0 aromatic carbocycles. The second-order valence-electron chi connectivity index (χ2n) is 3.28. The minimum absolute atomic E-state index is 0.400. The van der Waals surface area contributed by atoms with Crippen molar-refractivity contribution < 1.29 is 0 Å². The zero-order valence-electron chi connectivity index (χ0n) is 7.00. The van der Waals surface area contributed by atoms with Crippen LogP contribution in [0.5, 0.6) is 0 Å². The van der Waals surface area contributed by atoms with Gasteiger partial charge in [0.05, 0.1) is 0 Å². The fraction of sp³-hybridized carbons (Fsp3) is 1.00. The van der Waals surface area contributed by atoms with Crippen molar-refractivity contribution in [2.24, 2.45) is 5.73 Å². The first-order valence-electron chi connectivity index (χ1n) is 4.41. The topological polar surface area (TPSA) is 29.3 Å². The molecule has 0 aliphatic carbocycles. The normalized spacial score (nSPS) is 28.4. The van der Waals surface area contributed by atoms with Crippen LogP contribution in [0.1, 0.15) is 19.3 Å². The molecule has 1 unspecified atom stereocenters. The molecule has 0 aromatic rings. The van der Waals surface area contributed by atoms with Crippen LogP contribution < -0.4 is 5.73 Å². The largest absolute Gasteiger partial charge is 0.327 e. The zero-order chi connectivity index (χ0) is 8.10.